The van der Waals surface area contributed by atoms with Crippen LogP contribution in [0.1, 0.15) is 56.4 Å². The van der Waals surface area contributed by atoms with Gasteiger partial charge in [0.1, 0.15) is 12.4 Å². The van der Waals surface area contributed by atoms with Gasteiger partial charge in [0.05, 0.1) is 0 Å². The molecule has 7 nitrogen and oxygen atoms in total. The van der Waals surface area contributed by atoms with Crippen LogP contribution in [0.5, 0.6) is 5.75 Å². The Balaban J connectivity index is 1.37. The standard InChI is InChI=1S/C24H26N4O3S/c1-17-9-4-5-12-20(17)31-16-21-26-27-23(32-21)22(29)25-19-11-8-10-18(15-19)24(30)28-13-6-2-3-7-14-28/h4-5,8-12,15H,2-3,6-7,13-14,16H2,1H3,(H,25,29). The smallest absolute Gasteiger partial charge is 0.286 e. The van der Waals surface area contributed by atoms with Crippen LogP contribution in [0.3, 0.4) is 0 Å². The molecule has 0 unspecified atom stereocenters. The molecule has 1 N–H and O–H groups in total. The van der Waals surface area contributed by atoms with Crippen LogP contribution in [0.15, 0.2) is 48.5 Å². The van der Waals surface area contributed by atoms with Crippen LogP contribution < -0.4 is 10.1 Å². The Kier molecular flexibility index (Phi) is 7.11. The number of aryl methyl sites for hydroxylation is 1. The maximum absolute atomic E-state index is 12.9. The number of anilines is 1. The van der Waals surface area contributed by atoms with E-state index in [-0.39, 0.29) is 23.4 Å². The van der Waals surface area contributed by atoms with Gasteiger partial charge in [-0.3, -0.25) is 9.59 Å². The highest BCUT2D eigenvalue weighted by atomic mass is 32.1. The van der Waals surface area contributed by atoms with Gasteiger partial charge in [-0.1, -0.05) is 48.4 Å². The number of nitrogens with one attached hydrogen (secondary N) is 1. The molecule has 0 spiro atoms. The second-order valence-electron chi connectivity index (χ2n) is 7.80. The van der Waals surface area contributed by atoms with Crippen LogP contribution in [0, 0.1) is 6.92 Å². The molecule has 166 valence electrons. The lowest BCUT2D eigenvalue weighted by atomic mass is 10.1. The van der Waals surface area contributed by atoms with Crippen molar-refractivity contribution in [2.75, 3.05) is 18.4 Å². The van der Waals surface area contributed by atoms with E-state index in [0.29, 0.717) is 16.3 Å². The number of amides is 2. The van der Waals surface area contributed by atoms with Crippen molar-refractivity contribution in [3.05, 3.63) is 69.7 Å². The molecule has 2 aromatic carbocycles. The highest BCUT2D eigenvalue weighted by Gasteiger charge is 2.19. The molecule has 0 saturated carbocycles. The number of aromatic nitrogens is 2. The molecule has 3 aromatic rings. The minimum absolute atomic E-state index is 0.00885. The van der Waals surface area contributed by atoms with Crippen LogP contribution in [-0.2, 0) is 6.61 Å². The molecule has 1 fully saturated rings. The van der Waals surface area contributed by atoms with E-state index >= 15 is 0 Å². The first-order valence-electron chi connectivity index (χ1n) is 10.8. The summed E-state index contributed by atoms with van der Waals surface area (Å²) in [6, 6.07) is 14.8. The number of carbonyl (C=O) groups is 2. The molecule has 32 heavy (non-hydrogen) atoms. The van der Waals surface area contributed by atoms with Gasteiger partial charge >= 0.3 is 0 Å². The van der Waals surface area contributed by atoms with Crippen LogP contribution in [0.4, 0.5) is 5.69 Å². The second kappa shape index (κ2) is 10.4. The van der Waals surface area contributed by atoms with Crippen molar-refractivity contribution >= 4 is 28.8 Å². The topological polar surface area (TPSA) is 84.4 Å². The fraction of sp³-hybridized carbons (Fsp3) is 0.333. The predicted octanol–water partition coefficient (Wildman–Crippen LogP) is 4.69. The molecule has 4 rings (SSSR count). The summed E-state index contributed by atoms with van der Waals surface area (Å²) in [7, 11) is 0. The fourth-order valence-electron chi connectivity index (χ4n) is 3.63. The third-order valence-electron chi connectivity index (χ3n) is 5.37. The normalized spacial score (nSPS) is 14.0. The summed E-state index contributed by atoms with van der Waals surface area (Å²) in [6.45, 7) is 3.79. The van der Waals surface area contributed by atoms with E-state index in [2.05, 4.69) is 15.5 Å². The number of hydrogen-bond acceptors (Lipinski definition) is 6. The molecule has 1 saturated heterocycles. The summed E-state index contributed by atoms with van der Waals surface area (Å²) < 4.78 is 5.78. The zero-order chi connectivity index (χ0) is 22.3. The summed E-state index contributed by atoms with van der Waals surface area (Å²) in [5.41, 5.74) is 2.17. The van der Waals surface area contributed by atoms with Crippen molar-refractivity contribution in [3.8, 4) is 5.75 Å². The van der Waals surface area contributed by atoms with E-state index in [1.54, 1.807) is 24.3 Å². The number of hydrogen-bond donors (Lipinski definition) is 1. The largest absolute Gasteiger partial charge is 0.486 e. The van der Waals surface area contributed by atoms with E-state index in [0.717, 1.165) is 37.2 Å². The first-order chi connectivity index (χ1) is 15.6. The van der Waals surface area contributed by atoms with Gasteiger partial charge in [0.2, 0.25) is 5.01 Å². The summed E-state index contributed by atoms with van der Waals surface area (Å²) in [5.74, 6) is 0.429. The highest BCUT2D eigenvalue weighted by Crippen LogP contribution is 2.21. The van der Waals surface area contributed by atoms with Crippen LogP contribution in [0.25, 0.3) is 0 Å². The van der Waals surface area contributed by atoms with Crippen molar-refractivity contribution in [1.82, 2.24) is 15.1 Å². The zero-order valence-corrected chi connectivity index (χ0v) is 18.9. The predicted molar refractivity (Wildman–Crippen MR) is 124 cm³/mol. The Labute approximate surface area is 191 Å². The molecule has 1 aliphatic rings. The highest BCUT2D eigenvalue weighted by molar-refractivity contribution is 7.13. The first-order valence-corrected chi connectivity index (χ1v) is 11.6. The molecule has 0 radical (unpaired) electrons. The van der Waals surface area contributed by atoms with Gasteiger partial charge in [-0.05, 0) is 49.6 Å². The summed E-state index contributed by atoms with van der Waals surface area (Å²) in [6.07, 6.45) is 4.41. The molecule has 0 bridgehead atoms. The van der Waals surface area contributed by atoms with Gasteiger partial charge < -0.3 is 15.0 Å². The monoisotopic (exact) mass is 450 g/mol. The van der Waals surface area contributed by atoms with Crippen molar-refractivity contribution < 1.29 is 14.3 Å². The molecule has 0 aliphatic carbocycles. The number of benzene rings is 2. The Bertz CT molecular complexity index is 1090. The number of para-hydroxylation sites is 1. The van der Waals surface area contributed by atoms with E-state index in [4.69, 9.17) is 4.74 Å². The molecule has 2 heterocycles. The van der Waals surface area contributed by atoms with Crippen molar-refractivity contribution in [1.29, 1.82) is 0 Å². The van der Waals surface area contributed by atoms with E-state index in [1.165, 1.54) is 24.2 Å². The SMILES string of the molecule is Cc1ccccc1OCc1nnc(C(=O)Nc2cccc(C(=O)N3CCCCCC3)c2)s1. The van der Waals surface area contributed by atoms with Gasteiger partial charge in [-0.2, -0.15) is 0 Å². The van der Waals surface area contributed by atoms with E-state index in [1.807, 2.05) is 36.1 Å². The molecular formula is C24H26N4O3S. The van der Waals surface area contributed by atoms with Crippen LogP contribution >= 0.6 is 11.3 Å². The number of nitrogens with zero attached hydrogens (tertiary/aromatic N) is 3. The van der Waals surface area contributed by atoms with Crippen LogP contribution in [-0.4, -0.2) is 40.0 Å². The fourth-order valence-corrected chi connectivity index (χ4v) is 4.28. The van der Waals surface area contributed by atoms with Gasteiger partial charge in [0.25, 0.3) is 11.8 Å². The summed E-state index contributed by atoms with van der Waals surface area (Å²) >= 11 is 1.19. The Morgan fingerprint density at radius 2 is 1.81 bits per heavy atom. The maximum atomic E-state index is 12.9. The molecule has 8 heteroatoms. The van der Waals surface area contributed by atoms with Crippen molar-refractivity contribution in [2.45, 2.75) is 39.2 Å². The van der Waals surface area contributed by atoms with Gasteiger partial charge in [0, 0.05) is 24.3 Å². The van der Waals surface area contributed by atoms with Gasteiger partial charge in [0.15, 0.2) is 5.01 Å². The Hall–Kier alpha value is -3.26. The maximum Gasteiger partial charge on any atom is 0.286 e. The average Bonchev–Trinajstić information content (AvgIpc) is 3.12. The number of rotatable bonds is 6. The second-order valence-corrected chi connectivity index (χ2v) is 8.86. The Morgan fingerprint density at radius 3 is 2.59 bits per heavy atom. The number of likely N-dealkylation sites (tertiary alicyclic amines) is 1. The zero-order valence-electron chi connectivity index (χ0n) is 18.0. The third-order valence-corrected chi connectivity index (χ3v) is 6.26. The van der Waals surface area contributed by atoms with Crippen molar-refractivity contribution in [3.63, 3.8) is 0 Å². The van der Waals surface area contributed by atoms with E-state index in [9.17, 15) is 9.59 Å². The van der Waals surface area contributed by atoms with Crippen molar-refractivity contribution in [2.24, 2.45) is 0 Å². The number of ether oxygens (including phenoxy) is 1. The summed E-state index contributed by atoms with van der Waals surface area (Å²) in [5, 5.41) is 11.7. The minimum atomic E-state index is -0.357. The van der Waals surface area contributed by atoms with E-state index < -0.39 is 0 Å². The summed E-state index contributed by atoms with van der Waals surface area (Å²) in [4.78, 5) is 27.4. The van der Waals surface area contributed by atoms with Gasteiger partial charge in [-0.25, -0.2) is 0 Å². The first kappa shape index (κ1) is 22.0. The molecular weight excluding hydrogens is 424 g/mol. The lowest BCUT2D eigenvalue weighted by molar-refractivity contribution is 0.0761. The third kappa shape index (κ3) is 5.50. The quantitative estimate of drug-likeness (QED) is 0.589. The molecule has 1 aromatic heterocycles. The lowest BCUT2D eigenvalue weighted by Gasteiger charge is -2.20. The Morgan fingerprint density at radius 1 is 1.03 bits per heavy atom. The van der Waals surface area contributed by atoms with Crippen LogP contribution in [0.2, 0.25) is 0 Å². The molecule has 2 amide bonds. The van der Waals surface area contributed by atoms with Gasteiger partial charge in [-0.15, -0.1) is 10.2 Å². The molecule has 1 aliphatic heterocycles. The molecule has 0 atom stereocenters. The average molecular weight is 451 g/mol. The number of carbonyl (C=O) groups excluding carboxylic acids is 2. The lowest BCUT2D eigenvalue weighted by Crippen LogP contribution is -2.31. The minimum Gasteiger partial charge on any atom is -0.486 e.